The van der Waals surface area contributed by atoms with Crippen molar-refractivity contribution in [3.05, 3.63) is 29.9 Å². The minimum atomic E-state index is 0.525. The Balaban J connectivity index is 1.84. The third-order valence-electron chi connectivity index (χ3n) is 2.51. The Kier molecular flexibility index (Phi) is 4.02. The largest absolute Gasteiger partial charge is 0.478 e. The van der Waals surface area contributed by atoms with E-state index < -0.39 is 0 Å². The van der Waals surface area contributed by atoms with Crippen LogP contribution in [0.15, 0.2) is 40.1 Å². The highest BCUT2D eigenvalue weighted by atomic mass is 32.2. The van der Waals surface area contributed by atoms with E-state index >= 15 is 0 Å². The van der Waals surface area contributed by atoms with Crippen LogP contribution in [0.25, 0.3) is 10.7 Å². The highest BCUT2D eigenvalue weighted by molar-refractivity contribution is 7.99. The van der Waals surface area contributed by atoms with Crippen LogP contribution in [0.4, 0.5) is 0 Å². The second-order valence-corrected chi connectivity index (χ2v) is 5.82. The van der Waals surface area contributed by atoms with E-state index in [0.29, 0.717) is 28.5 Å². The molecule has 0 aliphatic heterocycles. The summed E-state index contributed by atoms with van der Waals surface area (Å²) >= 11 is 2.87. The second-order valence-electron chi connectivity index (χ2n) is 3.88. The van der Waals surface area contributed by atoms with E-state index in [4.69, 9.17) is 10.6 Å². The van der Waals surface area contributed by atoms with Gasteiger partial charge in [-0.3, -0.25) is 0 Å². The standard InChI is InChI=1S/C12H12N6OS2/c1-2-19-9-6-10(15-7-14-9)21-12-17-16-11(18(12)13)8-4-3-5-20-8/h3-7H,2,13H2,1H3. The third kappa shape index (κ3) is 2.98. The Morgan fingerprint density at radius 1 is 1.38 bits per heavy atom. The van der Waals surface area contributed by atoms with Crippen LogP contribution in [0.1, 0.15) is 6.92 Å². The first-order valence-corrected chi connectivity index (χ1v) is 7.84. The van der Waals surface area contributed by atoms with Gasteiger partial charge in [0.2, 0.25) is 11.0 Å². The number of rotatable bonds is 5. The van der Waals surface area contributed by atoms with Gasteiger partial charge in [-0.05, 0) is 30.1 Å². The lowest BCUT2D eigenvalue weighted by Gasteiger charge is -2.04. The fraction of sp³-hybridized carbons (Fsp3) is 0.167. The number of hydrogen-bond acceptors (Lipinski definition) is 8. The molecule has 0 amide bonds. The van der Waals surface area contributed by atoms with Crippen LogP contribution in [0.5, 0.6) is 5.88 Å². The highest BCUT2D eigenvalue weighted by Gasteiger charge is 2.14. The molecule has 0 bridgehead atoms. The van der Waals surface area contributed by atoms with Crippen LogP contribution in [0.3, 0.4) is 0 Å². The Hall–Kier alpha value is -2.13. The van der Waals surface area contributed by atoms with Crippen LogP contribution in [-0.4, -0.2) is 31.4 Å². The Morgan fingerprint density at radius 2 is 2.29 bits per heavy atom. The molecule has 0 atom stereocenters. The van der Waals surface area contributed by atoms with E-state index in [9.17, 15) is 0 Å². The lowest BCUT2D eigenvalue weighted by atomic mass is 10.4. The molecule has 0 aliphatic rings. The van der Waals surface area contributed by atoms with Gasteiger partial charge in [0.05, 0.1) is 11.5 Å². The van der Waals surface area contributed by atoms with Crippen LogP contribution >= 0.6 is 23.1 Å². The van der Waals surface area contributed by atoms with Crippen molar-refractivity contribution in [3.8, 4) is 16.6 Å². The molecule has 9 heteroatoms. The summed E-state index contributed by atoms with van der Waals surface area (Å²) in [6, 6.07) is 5.64. The number of hydrogen-bond donors (Lipinski definition) is 1. The van der Waals surface area contributed by atoms with E-state index in [0.717, 1.165) is 4.88 Å². The SMILES string of the molecule is CCOc1cc(Sc2nnc(-c3cccs3)n2N)ncn1. The zero-order valence-electron chi connectivity index (χ0n) is 11.1. The molecule has 0 radical (unpaired) electrons. The summed E-state index contributed by atoms with van der Waals surface area (Å²) in [7, 11) is 0. The zero-order valence-corrected chi connectivity index (χ0v) is 12.8. The van der Waals surface area contributed by atoms with Gasteiger partial charge in [0.25, 0.3) is 0 Å². The molecule has 3 aromatic heterocycles. The molecule has 108 valence electrons. The monoisotopic (exact) mass is 320 g/mol. The molecule has 0 saturated carbocycles. The van der Waals surface area contributed by atoms with Gasteiger partial charge in [-0.2, -0.15) is 0 Å². The molecule has 0 aliphatic carbocycles. The van der Waals surface area contributed by atoms with Crippen LogP contribution in [-0.2, 0) is 0 Å². The molecular formula is C12H12N6OS2. The van der Waals surface area contributed by atoms with Crippen molar-refractivity contribution < 1.29 is 4.74 Å². The van der Waals surface area contributed by atoms with Crippen molar-refractivity contribution >= 4 is 23.1 Å². The van der Waals surface area contributed by atoms with Gasteiger partial charge in [0.1, 0.15) is 11.4 Å². The average Bonchev–Trinajstić information content (AvgIpc) is 3.11. The van der Waals surface area contributed by atoms with E-state index in [1.54, 1.807) is 17.4 Å². The van der Waals surface area contributed by atoms with E-state index in [-0.39, 0.29) is 0 Å². The molecule has 2 N–H and O–H groups in total. The van der Waals surface area contributed by atoms with Crippen molar-refractivity contribution in [2.45, 2.75) is 17.1 Å². The quantitative estimate of drug-likeness (QED) is 0.568. The summed E-state index contributed by atoms with van der Waals surface area (Å²) in [4.78, 5) is 9.15. The van der Waals surface area contributed by atoms with Crippen LogP contribution < -0.4 is 10.6 Å². The van der Waals surface area contributed by atoms with Gasteiger partial charge in [-0.15, -0.1) is 21.5 Å². The molecular weight excluding hydrogens is 308 g/mol. The van der Waals surface area contributed by atoms with Crippen molar-refractivity contribution in [2.75, 3.05) is 12.4 Å². The van der Waals surface area contributed by atoms with Gasteiger partial charge in [0.15, 0.2) is 5.82 Å². The number of aromatic nitrogens is 5. The molecule has 0 fully saturated rings. The highest BCUT2D eigenvalue weighted by Crippen LogP contribution is 2.29. The first-order chi connectivity index (χ1) is 10.3. The van der Waals surface area contributed by atoms with Gasteiger partial charge < -0.3 is 10.6 Å². The summed E-state index contributed by atoms with van der Waals surface area (Å²) in [5.41, 5.74) is 0. The minimum absolute atomic E-state index is 0.525. The normalized spacial score (nSPS) is 10.7. The molecule has 3 rings (SSSR count). The van der Waals surface area contributed by atoms with Gasteiger partial charge in [-0.1, -0.05) is 6.07 Å². The van der Waals surface area contributed by atoms with Crippen molar-refractivity contribution in [3.63, 3.8) is 0 Å². The maximum Gasteiger partial charge on any atom is 0.217 e. The summed E-state index contributed by atoms with van der Waals surface area (Å²) in [5, 5.41) is 11.4. The summed E-state index contributed by atoms with van der Waals surface area (Å²) in [6.45, 7) is 2.45. The average molecular weight is 320 g/mol. The smallest absolute Gasteiger partial charge is 0.217 e. The Morgan fingerprint density at radius 3 is 3.05 bits per heavy atom. The number of nitrogens with two attached hydrogens (primary N) is 1. The molecule has 7 nitrogen and oxygen atoms in total. The Bertz CT molecular complexity index is 727. The van der Waals surface area contributed by atoms with Gasteiger partial charge >= 0.3 is 0 Å². The Labute approximate surface area is 129 Å². The van der Waals surface area contributed by atoms with Gasteiger partial charge in [0, 0.05) is 6.07 Å². The number of ether oxygens (including phenoxy) is 1. The minimum Gasteiger partial charge on any atom is -0.478 e. The van der Waals surface area contributed by atoms with Gasteiger partial charge in [-0.25, -0.2) is 14.6 Å². The summed E-state index contributed by atoms with van der Waals surface area (Å²) in [5.74, 6) is 7.20. The first kappa shape index (κ1) is 13.8. The maximum atomic E-state index is 6.04. The fourth-order valence-electron chi connectivity index (χ4n) is 1.62. The summed E-state index contributed by atoms with van der Waals surface area (Å²) in [6.07, 6.45) is 1.45. The molecule has 0 saturated heterocycles. The second kappa shape index (κ2) is 6.10. The molecule has 0 aromatic carbocycles. The molecule has 21 heavy (non-hydrogen) atoms. The zero-order chi connectivity index (χ0) is 14.7. The molecule has 0 unspecified atom stereocenters. The number of nitrogen functional groups attached to an aromatic ring is 1. The van der Waals surface area contributed by atoms with Crippen molar-refractivity contribution in [2.24, 2.45) is 0 Å². The lowest BCUT2D eigenvalue weighted by Crippen LogP contribution is -2.11. The lowest BCUT2D eigenvalue weighted by molar-refractivity contribution is 0.324. The number of thiophene rings is 1. The molecule has 3 heterocycles. The first-order valence-electron chi connectivity index (χ1n) is 6.15. The predicted molar refractivity (Wildman–Crippen MR) is 80.8 cm³/mol. The van der Waals surface area contributed by atoms with E-state index in [2.05, 4.69) is 20.2 Å². The van der Waals surface area contributed by atoms with E-state index in [1.165, 1.54) is 22.8 Å². The predicted octanol–water partition coefficient (Wildman–Crippen LogP) is 2.06. The van der Waals surface area contributed by atoms with Crippen LogP contribution in [0.2, 0.25) is 0 Å². The van der Waals surface area contributed by atoms with Crippen molar-refractivity contribution in [1.29, 1.82) is 0 Å². The maximum absolute atomic E-state index is 6.04. The van der Waals surface area contributed by atoms with E-state index in [1.807, 2.05) is 24.4 Å². The molecule has 0 spiro atoms. The molecule has 3 aromatic rings. The summed E-state index contributed by atoms with van der Waals surface area (Å²) < 4.78 is 6.80. The fourth-order valence-corrected chi connectivity index (χ4v) is 3.04. The van der Waals surface area contributed by atoms with Crippen LogP contribution in [0, 0.1) is 0 Å². The topological polar surface area (TPSA) is 91.7 Å². The third-order valence-corrected chi connectivity index (χ3v) is 4.27. The number of nitrogens with zero attached hydrogens (tertiary/aromatic N) is 5. The van der Waals surface area contributed by atoms with Crippen molar-refractivity contribution in [1.82, 2.24) is 24.8 Å².